The minimum Gasteiger partial charge on any atom is -0.298 e. The SMILES string of the molecule is Cc1nc(-c2ccc(C=O)cc2)c(-c2ccccc2)c2nccn12. The number of carbonyl (C=O) groups is 1. The van der Waals surface area contributed by atoms with E-state index in [9.17, 15) is 4.79 Å². The molecular formula is C20H15N3O. The fraction of sp³-hybridized carbons (Fsp3) is 0.0500. The summed E-state index contributed by atoms with van der Waals surface area (Å²) in [6.45, 7) is 1.97. The maximum absolute atomic E-state index is 10.9. The van der Waals surface area contributed by atoms with E-state index in [1.165, 1.54) is 0 Å². The van der Waals surface area contributed by atoms with Crippen LogP contribution in [0.15, 0.2) is 67.0 Å². The number of carbonyl (C=O) groups excluding carboxylic acids is 1. The fourth-order valence-corrected chi connectivity index (χ4v) is 2.93. The average Bonchev–Trinajstić information content (AvgIpc) is 3.13. The van der Waals surface area contributed by atoms with Gasteiger partial charge < -0.3 is 0 Å². The van der Waals surface area contributed by atoms with Crippen molar-refractivity contribution in [2.75, 3.05) is 0 Å². The summed E-state index contributed by atoms with van der Waals surface area (Å²) in [5, 5.41) is 0. The lowest BCUT2D eigenvalue weighted by Crippen LogP contribution is -2.01. The monoisotopic (exact) mass is 313 g/mol. The number of rotatable bonds is 3. The molecule has 4 heteroatoms. The van der Waals surface area contributed by atoms with Crippen LogP contribution in [0.2, 0.25) is 0 Å². The molecule has 0 aliphatic rings. The van der Waals surface area contributed by atoms with E-state index in [0.29, 0.717) is 5.56 Å². The lowest BCUT2D eigenvalue weighted by Gasteiger charge is -2.13. The van der Waals surface area contributed by atoms with Crippen molar-refractivity contribution in [3.63, 3.8) is 0 Å². The van der Waals surface area contributed by atoms with Gasteiger partial charge in [-0.05, 0) is 12.5 Å². The zero-order chi connectivity index (χ0) is 16.5. The molecule has 0 atom stereocenters. The second-order valence-electron chi connectivity index (χ2n) is 5.61. The molecule has 0 saturated carbocycles. The van der Waals surface area contributed by atoms with Gasteiger partial charge in [0.2, 0.25) is 0 Å². The van der Waals surface area contributed by atoms with E-state index >= 15 is 0 Å². The fourth-order valence-electron chi connectivity index (χ4n) is 2.93. The smallest absolute Gasteiger partial charge is 0.150 e. The molecule has 0 amide bonds. The van der Waals surface area contributed by atoms with E-state index < -0.39 is 0 Å². The first kappa shape index (κ1) is 14.3. The van der Waals surface area contributed by atoms with Crippen LogP contribution in [0.25, 0.3) is 28.0 Å². The summed E-state index contributed by atoms with van der Waals surface area (Å²) < 4.78 is 1.99. The van der Waals surface area contributed by atoms with Gasteiger partial charge >= 0.3 is 0 Å². The first-order chi connectivity index (χ1) is 11.8. The minimum atomic E-state index is 0.652. The highest BCUT2D eigenvalue weighted by Crippen LogP contribution is 2.34. The van der Waals surface area contributed by atoms with Crippen LogP contribution in [0.3, 0.4) is 0 Å². The van der Waals surface area contributed by atoms with Gasteiger partial charge in [0.15, 0.2) is 0 Å². The van der Waals surface area contributed by atoms with Crippen LogP contribution < -0.4 is 0 Å². The Morgan fingerprint density at radius 2 is 1.71 bits per heavy atom. The topological polar surface area (TPSA) is 47.3 Å². The Labute approximate surface area is 139 Å². The lowest BCUT2D eigenvalue weighted by atomic mass is 9.99. The molecular weight excluding hydrogens is 298 g/mol. The molecule has 0 aliphatic heterocycles. The van der Waals surface area contributed by atoms with E-state index in [1.807, 2.05) is 60.0 Å². The maximum Gasteiger partial charge on any atom is 0.150 e. The number of aryl methyl sites for hydroxylation is 1. The molecule has 116 valence electrons. The van der Waals surface area contributed by atoms with Crippen molar-refractivity contribution in [3.05, 3.63) is 78.4 Å². The molecule has 0 radical (unpaired) electrons. The quantitative estimate of drug-likeness (QED) is 0.533. The number of benzene rings is 2. The van der Waals surface area contributed by atoms with Gasteiger partial charge in [0, 0.05) is 23.5 Å². The maximum atomic E-state index is 10.9. The van der Waals surface area contributed by atoms with Gasteiger partial charge in [0.25, 0.3) is 0 Å². The van der Waals surface area contributed by atoms with Crippen LogP contribution in [0.5, 0.6) is 0 Å². The van der Waals surface area contributed by atoms with E-state index in [4.69, 9.17) is 4.98 Å². The van der Waals surface area contributed by atoms with Crippen molar-refractivity contribution in [3.8, 4) is 22.4 Å². The normalized spacial score (nSPS) is 10.9. The summed E-state index contributed by atoms with van der Waals surface area (Å²) in [6, 6.07) is 17.6. The molecule has 4 rings (SSSR count). The van der Waals surface area contributed by atoms with Crippen molar-refractivity contribution in [2.24, 2.45) is 0 Å². The third-order valence-electron chi connectivity index (χ3n) is 4.11. The molecule has 0 aliphatic carbocycles. The molecule has 2 heterocycles. The van der Waals surface area contributed by atoms with Crippen molar-refractivity contribution in [1.29, 1.82) is 0 Å². The summed E-state index contributed by atoms with van der Waals surface area (Å²) in [7, 11) is 0. The van der Waals surface area contributed by atoms with Gasteiger partial charge in [0.1, 0.15) is 17.8 Å². The van der Waals surface area contributed by atoms with Crippen LogP contribution in [-0.4, -0.2) is 20.7 Å². The molecule has 0 unspecified atom stereocenters. The van der Waals surface area contributed by atoms with Crippen LogP contribution >= 0.6 is 0 Å². The van der Waals surface area contributed by atoms with Gasteiger partial charge in [-0.3, -0.25) is 9.20 Å². The zero-order valence-electron chi connectivity index (χ0n) is 13.2. The highest BCUT2D eigenvalue weighted by Gasteiger charge is 2.16. The van der Waals surface area contributed by atoms with Crippen LogP contribution in [0, 0.1) is 6.92 Å². The Morgan fingerprint density at radius 3 is 2.42 bits per heavy atom. The number of fused-ring (bicyclic) bond motifs is 1. The summed E-state index contributed by atoms with van der Waals surface area (Å²) in [6.07, 6.45) is 4.55. The lowest BCUT2D eigenvalue weighted by molar-refractivity contribution is 0.112. The highest BCUT2D eigenvalue weighted by atomic mass is 16.1. The van der Waals surface area contributed by atoms with Gasteiger partial charge in [-0.1, -0.05) is 54.6 Å². The molecule has 4 aromatic rings. The Morgan fingerprint density at radius 1 is 0.958 bits per heavy atom. The van der Waals surface area contributed by atoms with Gasteiger partial charge in [0.05, 0.1) is 11.3 Å². The van der Waals surface area contributed by atoms with Gasteiger partial charge in [-0.25, -0.2) is 9.97 Å². The number of aldehydes is 1. The largest absolute Gasteiger partial charge is 0.298 e. The molecule has 24 heavy (non-hydrogen) atoms. The molecule has 0 spiro atoms. The number of aromatic nitrogens is 3. The molecule has 0 saturated heterocycles. The van der Waals surface area contributed by atoms with E-state index in [-0.39, 0.29) is 0 Å². The molecule has 0 fully saturated rings. The second-order valence-corrected chi connectivity index (χ2v) is 5.61. The van der Waals surface area contributed by atoms with Crippen LogP contribution in [-0.2, 0) is 0 Å². The third-order valence-corrected chi connectivity index (χ3v) is 4.11. The first-order valence-electron chi connectivity index (χ1n) is 7.72. The summed E-state index contributed by atoms with van der Waals surface area (Å²) >= 11 is 0. The zero-order valence-corrected chi connectivity index (χ0v) is 13.2. The molecule has 2 aromatic carbocycles. The van der Waals surface area contributed by atoms with Crippen molar-refractivity contribution in [2.45, 2.75) is 6.92 Å². The second kappa shape index (κ2) is 5.74. The van der Waals surface area contributed by atoms with Crippen LogP contribution in [0.4, 0.5) is 0 Å². The number of nitrogens with zero attached hydrogens (tertiary/aromatic N) is 3. The van der Waals surface area contributed by atoms with E-state index in [1.54, 1.807) is 6.20 Å². The Bertz CT molecular complexity index is 1020. The summed E-state index contributed by atoms with van der Waals surface area (Å²) in [5.74, 6) is 0.872. The number of hydrogen-bond acceptors (Lipinski definition) is 3. The molecule has 0 bridgehead atoms. The van der Waals surface area contributed by atoms with Gasteiger partial charge in [-0.15, -0.1) is 0 Å². The number of imidazole rings is 1. The standard InChI is InChI=1S/C20H15N3O/c1-14-22-19(17-9-7-15(13-24)8-10-17)18(16-5-3-2-4-6-16)20-21-11-12-23(14)20/h2-13H,1H3. The van der Waals surface area contributed by atoms with E-state index in [2.05, 4.69) is 17.1 Å². The highest BCUT2D eigenvalue weighted by molar-refractivity contribution is 5.90. The summed E-state index contributed by atoms with van der Waals surface area (Å²) in [4.78, 5) is 20.3. The van der Waals surface area contributed by atoms with Crippen LogP contribution in [0.1, 0.15) is 16.2 Å². The summed E-state index contributed by atoms with van der Waals surface area (Å²) in [5.41, 5.74) is 5.42. The first-order valence-corrected chi connectivity index (χ1v) is 7.72. The molecule has 0 N–H and O–H groups in total. The predicted octanol–water partition coefficient (Wildman–Crippen LogP) is 4.18. The third kappa shape index (κ3) is 2.29. The predicted molar refractivity (Wildman–Crippen MR) is 94.0 cm³/mol. The van der Waals surface area contributed by atoms with Gasteiger partial charge in [-0.2, -0.15) is 0 Å². The van der Waals surface area contributed by atoms with Crippen molar-refractivity contribution >= 4 is 11.9 Å². The molecule has 4 nitrogen and oxygen atoms in total. The minimum absolute atomic E-state index is 0.652. The number of hydrogen-bond donors (Lipinski definition) is 0. The van der Waals surface area contributed by atoms with E-state index in [0.717, 1.165) is 40.1 Å². The Balaban J connectivity index is 2.05. The Kier molecular flexibility index (Phi) is 3.43. The molecule has 2 aromatic heterocycles. The van der Waals surface area contributed by atoms with Crippen molar-refractivity contribution < 1.29 is 4.79 Å². The average molecular weight is 313 g/mol. The van der Waals surface area contributed by atoms with Crippen molar-refractivity contribution in [1.82, 2.24) is 14.4 Å². The Hall–Kier alpha value is -3.27.